The molecule has 5 rings (SSSR count). The van der Waals surface area contributed by atoms with Crippen LogP contribution in [-0.4, -0.2) is 44.1 Å². The maximum atomic E-state index is 13.7. The summed E-state index contributed by atoms with van der Waals surface area (Å²) in [5, 5.41) is 9.66. The van der Waals surface area contributed by atoms with Crippen LogP contribution in [0.25, 0.3) is 10.6 Å². The maximum Gasteiger partial charge on any atom is 0.273 e. The summed E-state index contributed by atoms with van der Waals surface area (Å²) in [4.78, 5) is 34.3. The average molecular weight is 488 g/mol. The molecular formula is C26H25N5O3S. The number of thiophene rings is 1. The molecular weight excluding hydrogens is 462 g/mol. The molecule has 0 radical (unpaired) electrons. The first-order valence-corrected chi connectivity index (χ1v) is 12.1. The zero-order valence-corrected chi connectivity index (χ0v) is 20.3. The normalized spacial score (nSPS) is 17.2. The van der Waals surface area contributed by atoms with E-state index in [9.17, 15) is 9.59 Å². The smallest absolute Gasteiger partial charge is 0.273 e. The van der Waals surface area contributed by atoms with Crippen molar-refractivity contribution < 1.29 is 14.3 Å². The van der Waals surface area contributed by atoms with Gasteiger partial charge in [0.05, 0.1) is 30.8 Å². The topological polar surface area (TPSA) is 89.3 Å². The van der Waals surface area contributed by atoms with Gasteiger partial charge in [0.1, 0.15) is 22.7 Å². The van der Waals surface area contributed by atoms with Crippen LogP contribution in [0.15, 0.2) is 72.2 Å². The van der Waals surface area contributed by atoms with Crippen molar-refractivity contribution in [1.29, 1.82) is 0 Å². The zero-order chi connectivity index (χ0) is 24.4. The minimum absolute atomic E-state index is 0.214. The van der Waals surface area contributed by atoms with Gasteiger partial charge in [-0.1, -0.05) is 24.3 Å². The minimum Gasteiger partial charge on any atom is -0.497 e. The summed E-state index contributed by atoms with van der Waals surface area (Å²) in [5.74, 6) is 0.245. The van der Waals surface area contributed by atoms with Gasteiger partial charge >= 0.3 is 0 Å². The summed E-state index contributed by atoms with van der Waals surface area (Å²) in [7, 11) is 1.61. The van der Waals surface area contributed by atoms with Crippen LogP contribution < -0.4 is 10.1 Å². The van der Waals surface area contributed by atoms with Crippen LogP contribution in [0.2, 0.25) is 0 Å². The maximum absolute atomic E-state index is 13.7. The molecule has 3 aromatic heterocycles. The highest BCUT2D eigenvalue weighted by Crippen LogP contribution is 2.32. The van der Waals surface area contributed by atoms with Crippen molar-refractivity contribution in [2.75, 3.05) is 7.11 Å². The molecule has 2 amide bonds. The van der Waals surface area contributed by atoms with Crippen molar-refractivity contribution in [3.63, 3.8) is 0 Å². The Morgan fingerprint density at radius 3 is 2.69 bits per heavy atom. The molecule has 35 heavy (non-hydrogen) atoms. The van der Waals surface area contributed by atoms with Crippen molar-refractivity contribution in [3.8, 4) is 16.3 Å². The second-order valence-electron chi connectivity index (χ2n) is 8.57. The van der Waals surface area contributed by atoms with E-state index in [1.54, 1.807) is 47.2 Å². The lowest BCUT2D eigenvalue weighted by molar-refractivity contribution is -0.133. The monoisotopic (exact) mass is 487 g/mol. The highest BCUT2D eigenvalue weighted by atomic mass is 32.1. The molecule has 1 unspecified atom stereocenters. The summed E-state index contributed by atoms with van der Waals surface area (Å²) in [6, 6.07) is 18.8. The molecule has 1 aliphatic rings. The third-order valence-electron chi connectivity index (χ3n) is 6.22. The van der Waals surface area contributed by atoms with Crippen molar-refractivity contribution in [3.05, 3.63) is 89.2 Å². The van der Waals surface area contributed by atoms with Gasteiger partial charge in [0.15, 0.2) is 0 Å². The number of carbonyl (C=O) groups is 2. The Hall–Kier alpha value is -3.98. The average Bonchev–Trinajstić information content (AvgIpc) is 3.56. The summed E-state index contributed by atoms with van der Waals surface area (Å²) in [5.41, 5.74) is 1.67. The lowest BCUT2D eigenvalue weighted by Crippen LogP contribution is -2.63. The first-order chi connectivity index (χ1) is 17.0. The number of pyridine rings is 1. The van der Waals surface area contributed by atoms with Crippen molar-refractivity contribution in [1.82, 2.24) is 25.0 Å². The van der Waals surface area contributed by atoms with Crippen LogP contribution in [-0.2, 0) is 24.4 Å². The largest absolute Gasteiger partial charge is 0.497 e. The molecule has 178 valence electrons. The number of amides is 2. The second kappa shape index (κ2) is 9.34. The lowest BCUT2D eigenvalue weighted by Gasteiger charge is -2.43. The first-order valence-electron chi connectivity index (χ1n) is 11.2. The first kappa shape index (κ1) is 22.8. The van der Waals surface area contributed by atoms with Crippen LogP contribution in [0.4, 0.5) is 0 Å². The Balaban J connectivity index is 1.45. The Bertz CT molecular complexity index is 1340. The molecule has 0 saturated heterocycles. The summed E-state index contributed by atoms with van der Waals surface area (Å²) in [6.07, 6.45) is 1.68. The number of hydrogen-bond acceptors (Lipinski definition) is 6. The molecule has 0 aliphatic carbocycles. The number of nitrogens with zero attached hydrogens (tertiary/aromatic N) is 4. The SMILES string of the molecule is COc1ccc(CNC(=O)C2(C)Cn3nc(-c4cccs4)cc3C(=O)N2Cc2ccccn2)cc1. The Kier molecular flexibility index (Phi) is 6.08. The number of ether oxygens (including phenoxy) is 1. The molecule has 9 heteroatoms. The van der Waals surface area contributed by atoms with Gasteiger partial charge in [-0.15, -0.1) is 11.3 Å². The van der Waals surface area contributed by atoms with Crippen LogP contribution in [0.3, 0.4) is 0 Å². The molecule has 1 atom stereocenters. The Labute approximate surface area is 207 Å². The number of methoxy groups -OCH3 is 1. The van der Waals surface area contributed by atoms with Gasteiger partial charge in [0, 0.05) is 12.7 Å². The summed E-state index contributed by atoms with van der Waals surface area (Å²) in [6.45, 7) is 2.56. The van der Waals surface area contributed by atoms with E-state index in [2.05, 4.69) is 15.4 Å². The fourth-order valence-corrected chi connectivity index (χ4v) is 4.89. The van der Waals surface area contributed by atoms with E-state index in [4.69, 9.17) is 4.74 Å². The van der Waals surface area contributed by atoms with Crippen LogP contribution in [0.1, 0.15) is 28.7 Å². The van der Waals surface area contributed by atoms with E-state index in [0.717, 1.165) is 21.9 Å². The van der Waals surface area contributed by atoms with Gasteiger partial charge in [0.2, 0.25) is 5.91 Å². The summed E-state index contributed by atoms with van der Waals surface area (Å²) >= 11 is 1.56. The number of benzene rings is 1. The van der Waals surface area contributed by atoms with Gasteiger partial charge in [-0.2, -0.15) is 5.10 Å². The van der Waals surface area contributed by atoms with Gasteiger partial charge < -0.3 is 15.0 Å². The lowest BCUT2D eigenvalue weighted by atomic mass is 9.94. The molecule has 4 aromatic rings. The van der Waals surface area contributed by atoms with Gasteiger partial charge in [-0.25, -0.2) is 0 Å². The van der Waals surface area contributed by atoms with E-state index in [-0.39, 0.29) is 24.9 Å². The molecule has 0 spiro atoms. The summed E-state index contributed by atoms with van der Waals surface area (Å²) < 4.78 is 6.86. The van der Waals surface area contributed by atoms with E-state index >= 15 is 0 Å². The molecule has 8 nitrogen and oxygen atoms in total. The van der Waals surface area contributed by atoms with Crippen molar-refractivity contribution in [2.24, 2.45) is 0 Å². The minimum atomic E-state index is -1.16. The number of aromatic nitrogens is 3. The number of rotatable bonds is 7. The highest BCUT2D eigenvalue weighted by molar-refractivity contribution is 7.13. The van der Waals surface area contributed by atoms with Crippen LogP contribution >= 0.6 is 11.3 Å². The third-order valence-corrected chi connectivity index (χ3v) is 7.11. The molecule has 4 heterocycles. The number of hydrogen-bond donors (Lipinski definition) is 1. The molecule has 0 fully saturated rings. The standard InChI is InChI=1S/C26H25N5O3S/c1-26(25(33)28-15-18-8-10-20(34-2)11-9-18)17-31-22(14-21(29-31)23-7-5-13-35-23)24(32)30(26)16-19-6-3-4-12-27-19/h3-14H,15-17H2,1-2H3,(H,28,33). The van der Waals surface area contributed by atoms with E-state index < -0.39 is 5.54 Å². The molecule has 0 saturated carbocycles. The van der Waals surface area contributed by atoms with Crippen LogP contribution in [0.5, 0.6) is 5.75 Å². The van der Waals surface area contributed by atoms with Gasteiger partial charge in [0.25, 0.3) is 5.91 Å². The number of nitrogens with one attached hydrogen (secondary N) is 1. The van der Waals surface area contributed by atoms with E-state index in [0.29, 0.717) is 17.9 Å². The fraction of sp³-hybridized carbons (Fsp3) is 0.231. The van der Waals surface area contributed by atoms with Crippen molar-refractivity contribution >= 4 is 23.2 Å². The predicted molar refractivity (Wildman–Crippen MR) is 133 cm³/mol. The second-order valence-corrected chi connectivity index (χ2v) is 9.51. The van der Waals surface area contributed by atoms with E-state index in [1.165, 1.54) is 0 Å². The zero-order valence-electron chi connectivity index (χ0n) is 19.5. The van der Waals surface area contributed by atoms with Gasteiger partial charge in [-0.3, -0.25) is 19.3 Å². The molecule has 1 aromatic carbocycles. The number of fused-ring (bicyclic) bond motifs is 1. The molecule has 0 bridgehead atoms. The van der Waals surface area contributed by atoms with Gasteiger partial charge in [-0.05, 0) is 54.3 Å². The highest BCUT2D eigenvalue weighted by Gasteiger charge is 2.48. The quantitative estimate of drug-likeness (QED) is 0.429. The van der Waals surface area contributed by atoms with E-state index in [1.807, 2.05) is 60.0 Å². The predicted octanol–water partition coefficient (Wildman–Crippen LogP) is 3.75. The van der Waals surface area contributed by atoms with Crippen molar-refractivity contribution in [2.45, 2.75) is 32.1 Å². The fourth-order valence-electron chi connectivity index (χ4n) is 4.20. The number of carbonyl (C=O) groups excluding carboxylic acids is 2. The third kappa shape index (κ3) is 4.42. The van der Waals surface area contributed by atoms with Crippen LogP contribution in [0, 0.1) is 0 Å². The Morgan fingerprint density at radius 1 is 1.17 bits per heavy atom. The molecule has 1 aliphatic heterocycles. The Morgan fingerprint density at radius 2 is 2.00 bits per heavy atom. The molecule has 1 N–H and O–H groups in total.